The molecule has 5 radical (unpaired) electrons. The van der Waals surface area contributed by atoms with Crippen LogP contribution in [-0.4, -0.2) is 18.4 Å². The Kier molecular flexibility index (Phi) is 6.21. The zero-order valence-corrected chi connectivity index (χ0v) is 15.2. The lowest BCUT2D eigenvalue weighted by atomic mass is 9.94. The standard InChI is InChI=1S/C22H23NP/c1-3-23-17-19-11-10-16-22(19)18(2)24(20-12-6-4-7-13-20)21-14-8-5-9-15-21/h4-18H,3H2,1-2H3/t18-/m0/s1. The van der Waals surface area contributed by atoms with Crippen molar-refractivity contribution in [3.8, 4) is 0 Å². The van der Waals surface area contributed by atoms with Crippen LogP contribution >= 0.6 is 7.92 Å². The molecule has 24 heavy (non-hydrogen) atoms. The molecule has 1 aliphatic rings. The van der Waals surface area contributed by atoms with Crippen LogP contribution in [0.3, 0.4) is 0 Å². The summed E-state index contributed by atoms with van der Waals surface area (Å²) in [7, 11) is -0.456. The molecule has 0 heterocycles. The molecule has 0 aliphatic heterocycles. The van der Waals surface area contributed by atoms with Gasteiger partial charge in [0.2, 0.25) is 0 Å². The lowest BCUT2D eigenvalue weighted by molar-refractivity contribution is 0.988. The van der Waals surface area contributed by atoms with Crippen LogP contribution in [0.4, 0.5) is 0 Å². The van der Waals surface area contributed by atoms with E-state index in [1.165, 1.54) is 22.4 Å². The summed E-state index contributed by atoms with van der Waals surface area (Å²) >= 11 is 0. The van der Waals surface area contributed by atoms with E-state index in [2.05, 4.69) is 98.8 Å². The fourth-order valence-electron chi connectivity index (χ4n) is 3.05. The maximum atomic E-state index is 4.44. The van der Waals surface area contributed by atoms with Crippen LogP contribution in [-0.2, 0) is 0 Å². The van der Waals surface area contributed by atoms with Gasteiger partial charge in [-0.05, 0) is 50.4 Å². The monoisotopic (exact) mass is 332 g/mol. The van der Waals surface area contributed by atoms with Crippen LogP contribution in [0.25, 0.3) is 0 Å². The molecule has 2 aromatic rings. The molecule has 1 aliphatic carbocycles. The summed E-state index contributed by atoms with van der Waals surface area (Å²) in [6, 6.07) is 21.8. The number of benzene rings is 2. The molecule has 2 heteroatoms. The summed E-state index contributed by atoms with van der Waals surface area (Å²) < 4.78 is 0. The highest BCUT2D eigenvalue weighted by Gasteiger charge is 2.36. The van der Waals surface area contributed by atoms with Gasteiger partial charge in [-0.2, -0.15) is 0 Å². The zero-order valence-electron chi connectivity index (χ0n) is 14.3. The van der Waals surface area contributed by atoms with Crippen molar-refractivity contribution in [1.29, 1.82) is 0 Å². The van der Waals surface area contributed by atoms with Gasteiger partial charge in [-0.1, -0.05) is 67.6 Å². The van der Waals surface area contributed by atoms with Crippen molar-refractivity contribution in [3.63, 3.8) is 0 Å². The third-order valence-corrected chi connectivity index (χ3v) is 6.97. The smallest absolute Gasteiger partial charge is 0.0357 e. The first-order chi connectivity index (χ1) is 11.8. The van der Waals surface area contributed by atoms with Crippen molar-refractivity contribution in [3.05, 3.63) is 91.8 Å². The van der Waals surface area contributed by atoms with E-state index in [4.69, 9.17) is 0 Å². The molecule has 0 spiro atoms. The molecule has 0 saturated heterocycles. The van der Waals surface area contributed by atoms with Gasteiger partial charge < -0.3 is 0 Å². The summed E-state index contributed by atoms with van der Waals surface area (Å²) in [5.74, 6) is 2.65. The molecule has 0 unspecified atom stereocenters. The van der Waals surface area contributed by atoms with Crippen LogP contribution in [0, 0.1) is 31.1 Å². The molecule has 121 valence electrons. The Bertz CT molecular complexity index is 598. The fourth-order valence-corrected chi connectivity index (χ4v) is 5.74. The predicted octanol–water partition coefficient (Wildman–Crippen LogP) is 4.37. The van der Waals surface area contributed by atoms with Crippen LogP contribution in [0.5, 0.6) is 0 Å². The highest BCUT2D eigenvalue weighted by molar-refractivity contribution is 7.73. The van der Waals surface area contributed by atoms with E-state index < -0.39 is 7.92 Å². The average Bonchev–Trinajstić information content (AvgIpc) is 3.10. The number of hydrogen-bond acceptors (Lipinski definition) is 1. The van der Waals surface area contributed by atoms with E-state index in [0.29, 0.717) is 5.66 Å². The largest absolute Gasteiger partial charge is 0.297 e. The second-order valence-corrected chi connectivity index (χ2v) is 8.33. The molecule has 0 aromatic heterocycles. The van der Waals surface area contributed by atoms with Gasteiger partial charge >= 0.3 is 0 Å². The van der Waals surface area contributed by atoms with Crippen molar-refractivity contribution >= 4 is 24.7 Å². The van der Waals surface area contributed by atoms with Gasteiger partial charge in [-0.3, -0.25) is 4.99 Å². The Labute approximate surface area is 148 Å². The minimum Gasteiger partial charge on any atom is -0.297 e. The van der Waals surface area contributed by atoms with Gasteiger partial charge in [0.25, 0.3) is 0 Å². The minimum atomic E-state index is -0.456. The normalized spacial score (nSPS) is 17.8. The minimum absolute atomic E-state index is 0.443. The van der Waals surface area contributed by atoms with Gasteiger partial charge in [0.1, 0.15) is 0 Å². The Balaban J connectivity index is 1.92. The quantitative estimate of drug-likeness (QED) is 0.550. The average molecular weight is 332 g/mol. The molecular weight excluding hydrogens is 309 g/mol. The molecule has 1 saturated carbocycles. The zero-order chi connectivity index (χ0) is 16.8. The molecule has 1 atom stereocenters. The number of rotatable bonds is 6. The van der Waals surface area contributed by atoms with Crippen molar-refractivity contribution in [2.24, 2.45) is 4.99 Å². The molecule has 2 aromatic carbocycles. The van der Waals surface area contributed by atoms with Gasteiger partial charge in [0.05, 0.1) is 0 Å². The third-order valence-electron chi connectivity index (χ3n) is 4.20. The Hall–Kier alpha value is -1.46. The van der Waals surface area contributed by atoms with E-state index in [-0.39, 0.29) is 0 Å². The third kappa shape index (κ3) is 3.95. The SMILES string of the molecule is CCN=C[C]1[CH][CH][CH][C]1[C@H](C)P(c1ccccc1)c1ccccc1. The molecule has 3 rings (SSSR count). The number of nitrogens with zero attached hydrogens (tertiary/aromatic N) is 1. The summed E-state index contributed by atoms with van der Waals surface area (Å²) in [6.07, 6.45) is 8.60. The predicted molar refractivity (Wildman–Crippen MR) is 107 cm³/mol. The Morgan fingerprint density at radius 2 is 1.50 bits per heavy atom. The molecule has 0 amide bonds. The van der Waals surface area contributed by atoms with E-state index in [9.17, 15) is 0 Å². The second kappa shape index (κ2) is 8.58. The molecule has 0 N–H and O–H groups in total. The van der Waals surface area contributed by atoms with Crippen molar-refractivity contribution in [1.82, 2.24) is 0 Å². The Morgan fingerprint density at radius 1 is 0.917 bits per heavy atom. The number of hydrogen-bond donors (Lipinski definition) is 0. The number of aliphatic imine (C=N–C) groups is 1. The molecule has 0 bridgehead atoms. The van der Waals surface area contributed by atoms with Crippen LogP contribution in [0.2, 0.25) is 0 Å². The summed E-state index contributed by atoms with van der Waals surface area (Å²) in [5.41, 5.74) is 0.443. The van der Waals surface area contributed by atoms with Gasteiger partial charge in [0, 0.05) is 24.6 Å². The van der Waals surface area contributed by atoms with Crippen molar-refractivity contribution < 1.29 is 0 Å². The molecular formula is C22H23NP. The van der Waals surface area contributed by atoms with Gasteiger partial charge in [-0.25, -0.2) is 0 Å². The summed E-state index contributed by atoms with van der Waals surface area (Å²) in [6.45, 7) is 5.25. The molecule has 1 fully saturated rings. The van der Waals surface area contributed by atoms with Crippen molar-refractivity contribution in [2.45, 2.75) is 19.5 Å². The van der Waals surface area contributed by atoms with Gasteiger partial charge in [-0.15, -0.1) is 0 Å². The first kappa shape index (κ1) is 17.4. The fraction of sp³-hybridized carbons (Fsp3) is 0.182. The highest BCUT2D eigenvalue weighted by atomic mass is 31.1. The maximum Gasteiger partial charge on any atom is 0.0357 e. The van der Waals surface area contributed by atoms with Gasteiger partial charge in [0.15, 0.2) is 0 Å². The summed E-state index contributed by atoms with van der Waals surface area (Å²) in [4.78, 5) is 4.44. The lowest BCUT2D eigenvalue weighted by Crippen LogP contribution is -2.26. The summed E-state index contributed by atoms with van der Waals surface area (Å²) in [5, 5.41) is 2.84. The highest BCUT2D eigenvalue weighted by Crippen LogP contribution is 2.49. The van der Waals surface area contributed by atoms with E-state index in [1.54, 1.807) is 0 Å². The topological polar surface area (TPSA) is 12.4 Å². The Morgan fingerprint density at radius 3 is 2.04 bits per heavy atom. The maximum absolute atomic E-state index is 4.44. The first-order valence-electron chi connectivity index (χ1n) is 8.46. The van der Waals surface area contributed by atoms with Crippen molar-refractivity contribution in [2.75, 3.05) is 6.54 Å². The van der Waals surface area contributed by atoms with E-state index >= 15 is 0 Å². The lowest BCUT2D eigenvalue weighted by Gasteiger charge is -2.31. The van der Waals surface area contributed by atoms with Crippen LogP contribution in [0.1, 0.15) is 13.8 Å². The van der Waals surface area contributed by atoms with Crippen LogP contribution < -0.4 is 10.6 Å². The molecule has 1 nitrogen and oxygen atoms in total. The van der Waals surface area contributed by atoms with E-state index in [0.717, 1.165) is 6.54 Å². The first-order valence-corrected chi connectivity index (χ1v) is 9.87. The second-order valence-electron chi connectivity index (χ2n) is 5.78. The van der Waals surface area contributed by atoms with E-state index in [1.807, 2.05) is 6.21 Å². The van der Waals surface area contributed by atoms with Crippen LogP contribution in [0.15, 0.2) is 65.7 Å².